The number of hydrogen-bond acceptors (Lipinski definition) is 4. The molecule has 180 valence electrons. The van der Waals surface area contributed by atoms with Crippen LogP contribution in [0.1, 0.15) is 43.2 Å². The smallest absolute Gasteiger partial charge is 0.410 e. The molecule has 0 atom stereocenters. The van der Waals surface area contributed by atoms with Crippen LogP contribution in [0.4, 0.5) is 25.4 Å². The Kier molecular flexibility index (Phi) is 7.30. The van der Waals surface area contributed by atoms with E-state index in [1.165, 1.54) is 12.1 Å². The molecule has 0 bridgehead atoms. The standard InChI is InChI=1S/C25H28FN3O5/c26-21-3-1-2-4-22(21)28-24(32)27-19-8-7-18-15-29(12-11-17(18)14-19)25(33)34-20-9-5-16(6-10-20)13-23(30)31/h1-4,7-8,14,16,20H,5-6,9-13,15H2,(H,30,31)(H2,27,28,32)/t16-,20-. The number of urea groups is 1. The highest BCUT2D eigenvalue weighted by Crippen LogP contribution is 2.30. The number of anilines is 2. The Hall–Kier alpha value is -3.62. The number of para-hydroxylation sites is 1. The molecule has 0 radical (unpaired) electrons. The number of rotatable bonds is 5. The Morgan fingerprint density at radius 2 is 1.79 bits per heavy atom. The Labute approximate surface area is 197 Å². The van der Waals surface area contributed by atoms with Crippen molar-refractivity contribution in [3.05, 3.63) is 59.4 Å². The highest BCUT2D eigenvalue weighted by Gasteiger charge is 2.28. The number of nitrogens with zero attached hydrogens (tertiary/aromatic N) is 1. The van der Waals surface area contributed by atoms with Crippen LogP contribution in [0.25, 0.3) is 0 Å². The maximum atomic E-state index is 13.7. The van der Waals surface area contributed by atoms with Gasteiger partial charge in [-0.15, -0.1) is 0 Å². The van der Waals surface area contributed by atoms with Gasteiger partial charge in [0.2, 0.25) is 0 Å². The molecule has 3 amide bonds. The maximum absolute atomic E-state index is 13.7. The van der Waals surface area contributed by atoms with E-state index >= 15 is 0 Å². The average molecular weight is 470 g/mol. The molecule has 1 heterocycles. The van der Waals surface area contributed by atoms with Crippen LogP contribution in [0, 0.1) is 11.7 Å². The van der Waals surface area contributed by atoms with Crippen LogP contribution in [0.15, 0.2) is 42.5 Å². The molecule has 4 rings (SSSR count). The normalized spacial score (nSPS) is 19.6. The Bertz CT molecular complexity index is 1070. The van der Waals surface area contributed by atoms with Crippen molar-refractivity contribution in [2.75, 3.05) is 17.2 Å². The lowest BCUT2D eigenvalue weighted by Gasteiger charge is -2.32. The van der Waals surface area contributed by atoms with Gasteiger partial charge in [0, 0.05) is 25.2 Å². The molecule has 34 heavy (non-hydrogen) atoms. The van der Waals surface area contributed by atoms with Crippen molar-refractivity contribution in [3.63, 3.8) is 0 Å². The monoisotopic (exact) mass is 469 g/mol. The molecule has 8 nitrogen and oxygen atoms in total. The average Bonchev–Trinajstić information content (AvgIpc) is 2.81. The number of hydrogen-bond donors (Lipinski definition) is 3. The molecule has 9 heteroatoms. The predicted octanol–water partition coefficient (Wildman–Crippen LogP) is 5.00. The van der Waals surface area contributed by atoms with Crippen LogP contribution in [-0.2, 0) is 22.5 Å². The lowest BCUT2D eigenvalue weighted by molar-refractivity contribution is -0.138. The number of carbonyl (C=O) groups is 3. The van der Waals surface area contributed by atoms with Crippen LogP contribution in [0.3, 0.4) is 0 Å². The minimum atomic E-state index is -0.781. The van der Waals surface area contributed by atoms with Gasteiger partial charge >= 0.3 is 18.1 Å². The van der Waals surface area contributed by atoms with E-state index in [9.17, 15) is 18.8 Å². The van der Waals surface area contributed by atoms with Crippen LogP contribution < -0.4 is 10.6 Å². The Morgan fingerprint density at radius 1 is 1.03 bits per heavy atom. The SMILES string of the molecule is O=C(O)C[C@H]1CC[C@H](OC(=O)N2CCc3cc(NC(=O)Nc4ccccc4F)ccc3C2)CC1. The van der Waals surface area contributed by atoms with Crippen LogP contribution in [0.5, 0.6) is 0 Å². The van der Waals surface area contributed by atoms with Crippen molar-refractivity contribution in [2.24, 2.45) is 5.92 Å². The van der Waals surface area contributed by atoms with Gasteiger partial charge in [0.25, 0.3) is 0 Å². The molecule has 1 fully saturated rings. The third-order valence-corrected chi connectivity index (χ3v) is 6.38. The van der Waals surface area contributed by atoms with Crippen molar-refractivity contribution in [2.45, 2.75) is 51.2 Å². The van der Waals surface area contributed by atoms with E-state index in [0.29, 0.717) is 38.0 Å². The summed E-state index contributed by atoms with van der Waals surface area (Å²) in [5.74, 6) is -1.13. The van der Waals surface area contributed by atoms with Gasteiger partial charge < -0.3 is 25.4 Å². The van der Waals surface area contributed by atoms with Gasteiger partial charge in [0.05, 0.1) is 5.69 Å². The predicted molar refractivity (Wildman–Crippen MR) is 124 cm³/mol. The second-order valence-corrected chi connectivity index (χ2v) is 8.84. The van der Waals surface area contributed by atoms with E-state index in [1.54, 1.807) is 23.1 Å². The molecule has 2 aromatic carbocycles. The zero-order chi connectivity index (χ0) is 24.1. The summed E-state index contributed by atoms with van der Waals surface area (Å²) in [6.07, 6.45) is 3.18. The Morgan fingerprint density at radius 3 is 2.53 bits per heavy atom. The first-order valence-corrected chi connectivity index (χ1v) is 11.5. The number of carbonyl (C=O) groups excluding carboxylic acids is 2. The summed E-state index contributed by atoms with van der Waals surface area (Å²) in [5, 5.41) is 14.1. The fourth-order valence-electron chi connectivity index (χ4n) is 4.55. The molecule has 2 aromatic rings. The number of nitrogens with one attached hydrogen (secondary N) is 2. The van der Waals surface area contributed by atoms with Gasteiger partial charge in [-0.3, -0.25) is 4.79 Å². The Balaban J connectivity index is 1.28. The van der Waals surface area contributed by atoms with Crippen LogP contribution in [0.2, 0.25) is 0 Å². The molecule has 1 saturated carbocycles. The van der Waals surface area contributed by atoms with E-state index in [0.717, 1.165) is 24.0 Å². The molecule has 3 N–H and O–H groups in total. The summed E-state index contributed by atoms with van der Waals surface area (Å²) in [5.41, 5.74) is 2.69. The minimum Gasteiger partial charge on any atom is -0.481 e. The fourth-order valence-corrected chi connectivity index (χ4v) is 4.55. The third kappa shape index (κ3) is 6.03. The van der Waals surface area contributed by atoms with Gasteiger partial charge in [0.1, 0.15) is 11.9 Å². The number of aliphatic carboxylic acids is 1. The van der Waals surface area contributed by atoms with Gasteiger partial charge in [-0.2, -0.15) is 0 Å². The van der Waals surface area contributed by atoms with Crippen LogP contribution >= 0.6 is 0 Å². The molecule has 1 aliphatic carbocycles. The highest BCUT2D eigenvalue weighted by molar-refractivity contribution is 5.99. The third-order valence-electron chi connectivity index (χ3n) is 6.38. The van der Waals surface area contributed by atoms with Gasteiger partial charge in [-0.1, -0.05) is 18.2 Å². The molecular weight excluding hydrogens is 441 g/mol. The van der Waals surface area contributed by atoms with E-state index < -0.39 is 17.8 Å². The van der Waals surface area contributed by atoms with E-state index in [4.69, 9.17) is 9.84 Å². The molecule has 0 saturated heterocycles. The summed E-state index contributed by atoms with van der Waals surface area (Å²) in [4.78, 5) is 37.4. The number of carboxylic acids is 1. The number of carboxylic acid groups (broad SMARTS) is 1. The van der Waals surface area contributed by atoms with Gasteiger partial charge in [-0.05, 0) is 73.4 Å². The highest BCUT2D eigenvalue weighted by atomic mass is 19.1. The van der Waals surface area contributed by atoms with Crippen molar-refractivity contribution in [3.8, 4) is 0 Å². The van der Waals surface area contributed by atoms with E-state index in [-0.39, 0.29) is 30.2 Å². The molecule has 0 aromatic heterocycles. The summed E-state index contributed by atoms with van der Waals surface area (Å²) < 4.78 is 19.4. The number of fused-ring (bicyclic) bond motifs is 1. The number of amides is 3. The first-order chi connectivity index (χ1) is 16.4. The first-order valence-electron chi connectivity index (χ1n) is 11.5. The largest absolute Gasteiger partial charge is 0.481 e. The molecule has 2 aliphatic rings. The maximum Gasteiger partial charge on any atom is 0.410 e. The van der Waals surface area contributed by atoms with E-state index in [2.05, 4.69) is 10.6 Å². The molecule has 0 unspecified atom stereocenters. The fraction of sp³-hybridized carbons (Fsp3) is 0.400. The van der Waals surface area contributed by atoms with Gasteiger partial charge in [0.15, 0.2) is 0 Å². The van der Waals surface area contributed by atoms with Crippen molar-refractivity contribution < 1.29 is 28.6 Å². The number of ether oxygens (including phenoxy) is 1. The lowest BCUT2D eigenvalue weighted by Crippen LogP contribution is -2.39. The first kappa shape index (κ1) is 23.5. The number of benzene rings is 2. The summed E-state index contributed by atoms with van der Waals surface area (Å²) in [6, 6.07) is 10.9. The molecular formula is C25H28FN3O5. The zero-order valence-electron chi connectivity index (χ0n) is 18.8. The van der Waals surface area contributed by atoms with Crippen LogP contribution in [-0.4, -0.2) is 40.7 Å². The quantitative estimate of drug-likeness (QED) is 0.571. The van der Waals surface area contributed by atoms with Crippen molar-refractivity contribution in [1.29, 1.82) is 0 Å². The second kappa shape index (κ2) is 10.5. The molecule has 0 spiro atoms. The number of halogens is 1. The van der Waals surface area contributed by atoms with Crippen molar-refractivity contribution in [1.82, 2.24) is 4.90 Å². The lowest BCUT2D eigenvalue weighted by atomic mass is 9.85. The summed E-state index contributed by atoms with van der Waals surface area (Å²) in [6.45, 7) is 0.926. The van der Waals surface area contributed by atoms with Gasteiger partial charge in [-0.25, -0.2) is 14.0 Å². The summed E-state index contributed by atoms with van der Waals surface area (Å²) in [7, 11) is 0. The topological polar surface area (TPSA) is 108 Å². The minimum absolute atomic E-state index is 0.0995. The van der Waals surface area contributed by atoms with E-state index in [1.807, 2.05) is 12.1 Å². The zero-order valence-corrected chi connectivity index (χ0v) is 18.8. The summed E-state index contributed by atoms with van der Waals surface area (Å²) >= 11 is 0. The van der Waals surface area contributed by atoms with Crippen molar-refractivity contribution >= 4 is 29.5 Å². The second-order valence-electron chi connectivity index (χ2n) is 8.84. The molecule has 1 aliphatic heterocycles.